The van der Waals surface area contributed by atoms with E-state index in [4.69, 9.17) is 5.11 Å². The van der Waals surface area contributed by atoms with E-state index in [9.17, 15) is 4.79 Å². The van der Waals surface area contributed by atoms with E-state index in [-0.39, 0.29) is 12.4 Å². The van der Waals surface area contributed by atoms with Crippen molar-refractivity contribution in [2.75, 3.05) is 6.61 Å². The molecule has 0 atom stereocenters. The number of aliphatic hydroxyl groups excluding tert-OH is 1. The van der Waals surface area contributed by atoms with Crippen LogP contribution in [0.1, 0.15) is 20.3 Å². The van der Waals surface area contributed by atoms with Crippen molar-refractivity contribution in [3.8, 4) is 0 Å². The molecule has 0 radical (unpaired) electrons. The molecule has 0 amide bonds. The summed E-state index contributed by atoms with van der Waals surface area (Å²) >= 11 is 0. The average molecular weight is 128 g/mol. The van der Waals surface area contributed by atoms with E-state index >= 15 is 0 Å². The van der Waals surface area contributed by atoms with Crippen LogP contribution in [-0.4, -0.2) is 17.5 Å². The Labute approximate surface area is 55.2 Å². The lowest BCUT2D eigenvalue weighted by atomic mass is 10.2. The third kappa shape index (κ3) is 5.24. The summed E-state index contributed by atoms with van der Waals surface area (Å²) in [6, 6.07) is 0. The topological polar surface area (TPSA) is 37.3 Å². The minimum absolute atomic E-state index is 0.0425. The van der Waals surface area contributed by atoms with Crippen LogP contribution in [0.25, 0.3) is 0 Å². The van der Waals surface area contributed by atoms with Crippen LogP contribution in [0.15, 0.2) is 11.6 Å². The molecule has 0 aromatic carbocycles. The van der Waals surface area contributed by atoms with Crippen molar-refractivity contribution in [3.05, 3.63) is 11.6 Å². The number of aliphatic hydroxyl groups is 1. The predicted octanol–water partition coefficient (Wildman–Crippen LogP) is 0.904. The van der Waals surface area contributed by atoms with Gasteiger partial charge in [0.25, 0.3) is 0 Å². The molecule has 0 heterocycles. The van der Waals surface area contributed by atoms with Crippen LogP contribution in [0.4, 0.5) is 0 Å². The number of allylic oxidation sites excluding steroid dienone is 1. The van der Waals surface area contributed by atoms with Crippen LogP contribution in [0.5, 0.6) is 0 Å². The fraction of sp³-hybridized carbons (Fsp3) is 0.571. The zero-order chi connectivity index (χ0) is 7.28. The van der Waals surface area contributed by atoms with E-state index < -0.39 is 0 Å². The summed E-state index contributed by atoms with van der Waals surface area (Å²) in [6.07, 6.45) is 2.13. The highest BCUT2D eigenvalue weighted by molar-refractivity contribution is 5.87. The quantitative estimate of drug-likeness (QED) is 0.573. The maximum absolute atomic E-state index is 10.4. The van der Waals surface area contributed by atoms with Crippen molar-refractivity contribution in [1.82, 2.24) is 0 Å². The second kappa shape index (κ2) is 4.27. The lowest BCUT2D eigenvalue weighted by molar-refractivity contribution is -0.112. The third-order valence-corrected chi connectivity index (χ3v) is 0.956. The first kappa shape index (κ1) is 8.37. The summed E-state index contributed by atoms with van der Waals surface area (Å²) < 4.78 is 0. The van der Waals surface area contributed by atoms with Gasteiger partial charge in [0.1, 0.15) is 0 Å². The first-order valence-electron chi connectivity index (χ1n) is 2.95. The molecule has 9 heavy (non-hydrogen) atoms. The molecule has 0 saturated carbocycles. The van der Waals surface area contributed by atoms with Crippen molar-refractivity contribution >= 4 is 5.78 Å². The molecular weight excluding hydrogens is 116 g/mol. The molecule has 0 aromatic heterocycles. The van der Waals surface area contributed by atoms with E-state index in [1.165, 1.54) is 13.0 Å². The van der Waals surface area contributed by atoms with Gasteiger partial charge in [-0.3, -0.25) is 4.79 Å². The van der Waals surface area contributed by atoms with Gasteiger partial charge in [-0.15, -0.1) is 0 Å². The maximum atomic E-state index is 10.4. The number of carbonyl (C=O) groups excluding carboxylic acids is 1. The number of hydrogen-bond acceptors (Lipinski definition) is 2. The Bertz CT molecular complexity index is 125. The Hall–Kier alpha value is -0.630. The van der Waals surface area contributed by atoms with Gasteiger partial charge >= 0.3 is 0 Å². The molecule has 0 aliphatic heterocycles. The minimum Gasteiger partial charge on any atom is -0.396 e. The largest absolute Gasteiger partial charge is 0.396 e. The van der Waals surface area contributed by atoms with Crippen LogP contribution in [-0.2, 0) is 4.79 Å². The van der Waals surface area contributed by atoms with Crippen molar-refractivity contribution in [1.29, 1.82) is 0 Å². The van der Waals surface area contributed by atoms with Crippen LogP contribution < -0.4 is 0 Å². The third-order valence-electron chi connectivity index (χ3n) is 0.956. The van der Waals surface area contributed by atoms with Gasteiger partial charge in [-0.1, -0.05) is 5.57 Å². The van der Waals surface area contributed by atoms with E-state index in [0.29, 0.717) is 6.42 Å². The van der Waals surface area contributed by atoms with E-state index in [0.717, 1.165) is 5.57 Å². The van der Waals surface area contributed by atoms with Crippen molar-refractivity contribution in [3.63, 3.8) is 0 Å². The zero-order valence-electron chi connectivity index (χ0n) is 5.85. The maximum Gasteiger partial charge on any atom is 0.152 e. The minimum atomic E-state index is 0.0425. The summed E-state index contributed by atoms with van der Waals surface area (Å²) in [6.45, 7) is 3.45. The summed E-state index contributed by atoms with van der Waals surface area (Å²) in [5, 5.41) is 8.40. The second-order valence-electron chi connectivity index (χ2n) is 2.07. The first-order valence-corrected chi connectivity index (χ1v) is 2.95. The van der Waals surface area contributed by atoms with Gasteiger partial charge in [-0.2, -0.15) is 0 Å². The second-order valence-corrected chi connectivity index (χ2v) is 2.07. The van der Waals surface area contributed by atoms with Gasteiger partial charge in [0.2, 0.25) is 0 Å². The van der Waals surface area contributed by atoms with E-state index in [2.05, 4.69) is 0 Å². The Morgan fingerprint density at radius 3 is 2.44 bits per heavy atom. The molecule has 0 rings (SSSR count). The number of carbonyl (C=O) groups is 1. The van der Waals surface area contributed by atoms with Gasteiger partial charge in [0.15, 0.2) is 5.78 Å². The van der Waals surface area contributed by atoms with Crippen LogP contribution >= 0.6 is 0 Å². The van der Waals surface area contributed by atoms with Crippen molar-refractivity contribution in [2.24, 2.45) is 0 Å². The molecule has 0 fully saturated rings. The Morgan fingerprint density at radius 2 is 2.11 bits per heavy atom. The van der Waals surface area contributed by atoms with E-state index in [1.807, 2.05) is 6.92 Å². The Morgan fingerprint density at radius 1 is 1.56 bits per heavy atom. The van der Waals surface area contributed by atoms with Crippen LogP contribution in [0, 0.1) is 0 Å². The molecule has 0 bridgehead atoms. The monoisotopic (exact) mass is 128 g/mol. The van der Waals surface area contributed by atoms with Gasteiger partial charge < -0.3 is 5.11 Å². The number of ketones is 1. The zero-order valence-corrected chi connectivity index (χ0v) is 5.85. The molecule has 0 aliphatic rings. The number of rotatable bonds is 3. The van der Waals surface area contributed by atoms with Crippen molar-refractivity contribution in [2.45, 2.75) is 20.3 Å². The summed E-state index contributed by atoms with van der Waals surface area (Å²) in [5.41, 5.74) is 0.935. The molecule has 2 heteroatoms. The highest BCUT2D eigenvalue weighted by atomic mass is 16.2. The van der Waals surface area contributed by atoms with E-state index in [1.54, 1.807) is 0 Å². The van der Waals surface area contributed by atoms with Gasteiger partial charge in [0, 0.05) is 6.61 Å². The standard InChI is InChI=1S/C7H12O2/c1-6(3-4-8)5-7(2)9/h5,8H,3-4H2,1-2H3/b6-5+. The molecule has 0 aliphatic carbocycles. The molecule has 0 aromatic rings. The molecule has 0 unspecified atom stereocenters. The normalized spacial score (nSPS) is 11.7. The Balaban J connectivity index is 3.69. The van der Waals surface area contributed by atoms with Gasteiger partial charge in [-0.05, 0) is 26.3 Å². The fourth-order valence-electron chi connectivity index (χ4n) is 0.596. The number of hydrogen-bond donors (Lipinski definition) is 1. The summed E-state index contributed by atoms with van der Waals surface area (Å²) in [4.78, 5) is 10.4. The molecule has 52 valence electrons. The molecular formula is C7H12O2. The molecule has 0 spiro atoms. The highest BCUT2D eigenvalue weighted by Gasteiger charge is 1.89. The van der Waals surface area contributed by atoms with Gasteiger partial charge in [0.05, 0.1) is 0 Å². The lowest BCUT2D eigenvalue weighted by Gasteiger charge is -1.92. The lowest BCUT2D eigenvalue weighted by Crippen LogP contribution is -1.88. The predicted molar refractivity (Wildman–Crippen MR) is 36.1 cm³/mol. The average Bonchev–Trinajstić information content (AvgIpc) is 1.63. The van der Waals surface area contributed by atoms with Gasteiger partial charge in [-0.25, -0.2) is 0 Å². The first-order chi connectivity index (χ1) is 4.16. The van der Waals surface area contributed by atoms with Crippen LogP contribution in [0.2, 0.25) is 0 Å². The SMILES string of the molecule is CC(=O)/C=C(\C)CCO. The fourth-order valence-corrected chi connectivity index (χ4v) is 0.596. The van der Waals surface area contributed by atoms with Crippen LogP contribution in [0.3, 0.4) is 0 Å². The molecule has 1 N–H and O–H groups in total. The molecule has 0 saturated heterocycles. The Kier molecular flexibility index (Phi) is 3.97. The highest BCUT2D eigenvalue weighted by Crippen LogP contribution is 1.97. The van der Waals surface area contributed by atoms with Crippen molar-refractivity contribution < 1.29 is 9.90 Å². The smallest absolute Gasteiger partial charge is 0.152 e. The molecule has 2 nitrogen and oxygen atoms in total. The summed E-state index contributed by atoms with van der Waals surface area (Å²) in [7, 11) is 0. The summed E-state index contributed by atoms with van der Waals surface area (Å²) in [5.74, 6) is 0.0425.